The van der Waals surface area contributed by atoms with Gasteiger partial charge in [-0.05, 0) is 43.3 Å². The molecule has 0 saturated heterocycles. The largest absolute Gasteiger partial charge is 0.469 e. The van der Waals surface area contributed by atoms with Crippen molar-refractivity contribution >= 4 is 34.1 Å². The van der Waals surface area contributed by atoms with E-state index in [9.17, 15) is 18.8 Å². The highest BCUT2D eigenvalue weighted by molar-refractivity contribution is 6.06. The van der Waals surface area contributed by atoms with E-state index < -0.39 is 23.1 Å². The zero-order valence-corrected chi connectivity index (χ0v) is 15.7. The van der Waals surface area contributed by atoms with E-state index in [0.29, 0.717) is 16.7 Å². The van der Waals surface area contributed by atoms with Crippen LogP contribution in [0.3, 0.4) is 0 Å². The molecule has 30 heavy (non-hydrogen) atoms. The summed E-state index contributed by atoms with van der Waals surface area (Å²) in [6, 6.07) is 11.8. The molecule has 0 spiro atoms. The number of furan rings is 1. The number of hydrogen-bond donors (Lipinski definition) is 3. The first-order valence-electron chi connectivity index (χ1n) is 8.88. The molecule has 9 heteroatoms. The number of nitrogens with one attached hydrogen (secondary N) is 3. The second-order valence-corrected chi connectivity index (χ2v) is 6.44. The van der Waals surface area contributed by atoms with Crippen molar-refractivity contribution in [3.63, 3.8) is 0 Å². The summed E-state index contributed by atoms with van der Waals surface area (Å²) in [5.41, 5.74) is -0.0737. The first kappa shape index (κ1) is 19.1. The van der Waals surface area contributed by atoms with Crippen molar-refractivity contribution in [1.29, 1.82) is 0 Å². The van der Waals surface area contributed by atoms with E-state index in [1.807, 2.05) is 0 Å². The maximum Gasteiger partial charge on any atom is 0.280 e. The van der Waals surface area contributed by atoms with E-state index in [-0.39, 0.29) is 22.6 Å². The first-order valence-corrected chi connectivity index (χ1v) is 8.88. The van der Waals surface area contributed by atoms with E-state index in [0.717, 1.165) is 6.07 Å². The normalized spacial score (nSPS) is 10.7. The fourth-order valence-corrected chi connectivity index (χ4v) is 2.93. The number of para-hydroxylation sites is 1. The Kier molecular flexibility index (Phi) is 4.85. The fourth-order valence-electron chi connectivity index (χ4n) is 2.93. The number of nitrogens with zero attached hydrogens (tertiary/aromatic N) is 1. The molecule has 0 saturated carbocycles. The van der Waals surface area contributed by atoms with Crippen molar-refractivity contribution < 1.29 is 18.4 Å². The number of rotatable bonds is 4. The van der Waals surface area contributed by atoms with Gasteiger partial charge in [0.1, 0.15) is 11.6 Å². The molecule has 150 valence electrons. The second-order valence-electron chi connectivity index (χ2n) is 6.44. The van der Waals surface area contributed by atoms with Gasteiger partial charge in [0.2, 0.25) is 5.43 Å². The molecule has 0 bridgehead atoms. The van der Waals surface area contributed by atoms with Gasteiger partial charge < -0.3 is 15.1 Å². The van der Waals surface area contributed by atoms with Crippen LogP contribution in [-0.2, 0) is 0 Å². The van der Waals surface area contributed by atoms with Crippen molar-refractivity contribution in [1.82, 2.24) is 10.2 Å². The fraction of sp³-hybridized carbons (Fsp3) is 0.0476. The van der Waals surface area contributed by atoms with E-state index in [4.69, 9.17) is 4.42 Å². The number of aromatic nitrogens is 2. The number of hydrogen-bond acceptors (Lipinski definition) is 5. The van der Waals surface area contributed by atoms with E-state index in [2.05, 4.69) is 20.8 Å². The highest BCUT2D eigenvalue weighted by atomic mass is 19.1. The van der Waals surface area contributed by atoms with Gasteiger partial charge in [0.05, 0.1) is 23.0 Å². The van der Waals surface area contributed by atoms with Crippen LogP contribution in [0.25, 0.3) is 10.9 Å². The average molecular weight is 406 g/mol. The van der Waals surface area contributed by atoms with Crippen LogP contribution in [0.5, 0.6) is 0 Å². The van der Waals surface area contributed by atoms with Crippen molar-refractivity contribution in [2.45, 2.75) is 6.92 Å². The molecule has 2 amide bonds. The Labute approximate surface area is 168 Å². The maximum atomic E-state index is 14.2. The van der Waals surface area contributed by atoms with Gasteiger partial charge in [-0.1, -0.05) is 12.1 Å². The van der Waals surface area contributed by atoms with Crippen LogP contribution in [-0.4, -0.2) is 22.0 Å². The summed E-state index contributed by atoms with van der Waals surface area (Å²) in [6.07, 6.45) is 1.35. The molecule has 8 nitrogen and oxygen atoms in total. The van der Waals surface area contributed by atoms with Crippen molar-refractivity contribution in [3.05, 3.63) is 87.9 Å². The molecule has 3 N–H and O–H groups in total. The second kappa shape index (κ2) is 7.63. The molecule has 4 rings (SSSR count). The molecule has 2 aromatic carbocycles. The lowest BCUT2D eigenvalue weighted by molar-refractivity contribution is 0.101. The number of fused-ring (bicyclic) bond motifs is 1. The molecule has 0 radical (unpaired) electrons. The van der Waals surface area contributed by atoms with E-state index in [1.54, 1.807) is 31.2 Å². The number of aryl methyl sites for hydroxylation is 1. The molecule has 0 fully saturated rings. The summed E-state index contributed by atoms with van der Waals surface area (Å²) < 4.78 is 19.2. The standard InChI is InChI=1S/C21H15FN4O4/c1-11-13(8-9-30-11)20(28)24-17-10-12(6-7-15(17)22)23-21(29)18-19(27)14-4-2-3-5-16(14)25-26-18/h2-10H,1H3,(H,23,29)(H,24,28)(H,25,27). The third-order valence-electron chi connectivity index (χ3n) is 4.47. The molecule has 2 aromatic heterocycles. The van der Waals surface area contributed by atoms with Crippen LogP contribution in [0.2, 0.25) is 0 Å². The van der Waals surface area contributed by atoms with Crippen molar-refractivity contribution in [3.8, 4) is 0 Å². The number of anilines is 2. The Bertz CT molecular complexity index is 1340. The zero-order chi connectivity index (χ0) is 21.3. The van der Waals surface area contributed by atoms with Crippen LogP contribution in [0.15, 0.2) is 64.0 Å². The summed E-state index contributed by atoms with van der Waals surface area (Å²) in [5, 5.41) is 11.7. The number of H-pyrrole nitrogens is 1. The number of carbonyl (C=O) groups is 2. The Hall–Kier alpha value is -4.27. The number of aromatic amines is 1. The minimum atomic E-state index is -0.767. The molecule has 4 aromatic rings. The van der Waals surface area contributed by atoms with Crippen LogP contribution < -0.4 is 16.1 Å². The van der Waals surface area contributed by atoms with Gasteiger partial charge in [-0.3, -0.25) is 19.5 Å². The molecular formula is C21H15FN4O4. The van der Waals surface area contributed by atoms with Gasteiger partial charge in [0.15, 0.2) is 5.69 Å². The lowest BCUT2D eigenvalue weighted by Crippen LogP contribution is -2.24. The first-order chi connectivity index (χ1) is 14.4. The Balaban J connectivity index is 1.58. The highest BCUT2D eigenvalue weighted by Gasteiger charge is 2.17. The predicted molar refractivity (Wildman–Crippen MR) is 108 cm³/mol. The maximum absolute atomic E-state index is 14.2. The van der Waals surface area contributed by atoms with Crippen LogP contribution >= 0.6 is 0 Å². The zero-order valence-electron chi connectivity index (χ0n) is 15.7. The summed E-state index contributed by atoms with van der Waals surface area (Å²) in [4.78, 5) is 37.4. The van der Waals surface area contributed by atoms with E-state index in [1.165, 1.54) is 24.5 Å². The Morgan fingerprint density at radius 3 is 2.63 bits per heavy atom. The quantitative estimate of drug-likeness (QED) is 0.480. The minimum absolute atomic E-state index is 0.140. The topological polar surface area (TPSA) is 117 Å². The van der Waals surface area contributed by atoms with Gasteiger partial charge in [-0.15, -0.1) is 0 Å². The molecule has 0 aliphatic rings. The monoisotopic (exact) mass is 406 g/mol. The van der Waals surface area contributed by atoms with Crippen LogP contribution in [0, 0.1) is 12.7 Å². The molecule has 0 aliphatic carbocycles. The van der Waals surface area contributed by atoms with Gasteiger partial charge in [-0.25, -0.2) is 4.39 Å². The molecule has 0 aliphatic heterocycles. The predicted octanol–water partition coefficient (Wildman–Crippen LogP) is 3.47. The highest BCUT2D eigenvalue weighted by Crippen LogP contribution is 2.21. The molecule has 2 heterocycles. The van der Waals surface area contributed by atoms with Crippen molar-refractivity contribution in [2.75, 3.05) is 10.6 Å². The number of carbonyl (C=O) groups excluding carboxylic acids is 2. The van der Waals surface area contributed by atoms with Crippen LogP contribution in [0.4, 0.5) is 15.8 Å². The van der Waals surface area contributed by atoms with Crippen molar-refractivity contribution in [2.24, 2.45) is 0 Å². The number of amides is 2. The van der Waals surface area contributed by atoms with Gasteiger partial charge >= 0.3 is 0 Å². The summed E-state index contributed by atoms with van der Waals surface area (Å²) in [6.45, 7) is 1.61. The smallest absolute Gasteiger partial charge is 0.280 e. The Morgan fingerprint density at radius 2 is 1.87 bits per heavy atom. The lowest BCUT2D eigenvalue weighted by Gasteiger charge is -2.10. The lowest BCUT2D eigenvalue weighted by atomic mass is 10.2. The average Bonchev–Trinajstić information content (AvgIpc) is 3.17. The summed E-state index contributed by atoms with van der Waals surface area (Å²) in [5.74, 6) is -1.63. The van der Waals surface area contributed by atoms with Gasteiger partial charge in [-0.2, -0.15) is 5.10 Å². The molecule has 0 unspecified atom stereocenters. The number of benzene rings is 2. The van der Waals surface area contributed by atoms with Gasteiger partial charge in [0, 0.05) is 11.1 Å². The van der Waals surface area contributed by atoms with Gasteiger partial charge in [0.25, 0.3) is 11.8 Å². The molecule has 0 atom stereocenters. The number of halogens is 1. The third-order valence-corrected chi connectivity index (χ3v) is 4.47. The summed E-state index contributed by atoms with van der Waals surface area (Å²) in [7, 11) is 0. The van der Waals surface area contributed by atoms with E-state index >= 15 is 0 Å². The third kappa shape index (κ3) is 3.55. The minimum Gasteiger partial charge on any atom is -0.469 e. The summed E-state index contributed by atoms with van der Waals surface area (Å²) >= 11 is 0. The van der Waals surface area contributed by atoms with Crippen LogP contribution in [0.1, 0.15) is 26.6 Å². The SMILES string of the molecule is Cc1occc1C(=O)Nc1cc(NC(=O)c2n[nH]c3ccccc3c2=O)ccc1F. The molecular weight excluding hydrogens is 391 g/mol. The Morgan fingerprint density at radius 1 is 1.07 bits per heavy atom.